The van der Waals surface area contributed by atoms with E-state index in [0.717, 1.165) is 43.1 Å². The summed E-state index contributed by atoms with van der Waals surface area (Å²) in [6, 6.07) is 2.29. The van der Waals surface area contributed by atoms with Crippen LogP contribution < -0.4 is 9.80 Å². The first-order valence-electron chi connectivity index (χ1n) is 8.82. The van der Waals surface area contributed by atoms with Crippen LogP contribution in [0.25, 0.3) is 10.4 Å². The van der Waals surface area contributed by atoms with Gasteiger partial charge in [-0.2, -0.15) is 0 Å². The standard InChI is InChI=1S/C17H19F2N5O3/c18-13-5-11(24-8-12(7-21-22-20)27-16(24)25)6-14(19)15(13)23-3-1-17(2-4-23)9-26-10-17/h5-6,12H,1-4,7-10H2/t12-/m0/s1. The summed E-state index contributed by atoms with van der Waals surface area (Å²) >= 11 is 0. The van der Waals surface area contributed by atoms with E-state index in [2.05, 4.69) is 10.0 Å². The van der Waals surface area contributed by atoms with Crippen LogP contribution in [-0.4, -0.2) is 51.6 Å². The van der Waals surface area contributed by atoms with E-state index in [-0.39, 0.29) is 29.9 Å². The first kappa shape index (κ1) is 17.8. The zero-order valence-corrected chi connectivity index (χ0v) is 14.6. The predicted molar refractivity (Wildman–Crippen MR) is 92.7 cm³/mol. The fourth-order valence-electron chi connectivity index (χ4n) is 3.85. The molecule has 0 radical (unpaired) electrons. The van der Waals surface area contributed by atoms with Crippen molar-refractivity contribution in [3.05, 3.63) is 34.2 Å². The maximum Gasteiger partial charge on any atom is 0.414 e. The number of nitrogens with zero attached hydrogens (tertiary/aromatic N) is 5. The van der Waals surface area contributed by atoms with Crippen LogP contribution in [0.5, 0.6) is 0 Å². The lowest BCUT2D eigenvalue weighted by Crippen LogP contribution is -2.51. The normalized spacial score (nSPS) is 23.8. The van der Waals surface area contributed by atoms with Crippen LogP contribution in [0.1, 0.15) is 12.8 Å². The average molecular weight is 379 g/mol. The van der Waals surface area contributed by atoms with Gasteiger partial charge in [0.05, 0.1) is 32.0 Å². The van der Waals surface area contributed by atoms with Crippen LogP contribution in [-0.2, 0) is 9.47 Å². The summed E-state index contributed by atoms with van der Waals surface area (Å²) in [5.74, 6) is -1.42. The molecule has 0 aromatic heterocycles. The number of ether oxygens (including phenoxy) is 2. The summed E-state index contributed by atoms with van der Waals surface area (Å²) in [7, 11) is 0. The first-order valence-corrected chi connectivity index (χ1v) is 8.82. The van der Waals surface area contributed by atoms with Gasteiger partial charge in [-0.3, -0.25) is 4.90 Å². The molecule has 0 aliphatic carbocycles. The Labute approximate surface area is 154 Å². The minimum atomic E-state index is -0.718. The van der Waals surface area contributed by atoms with Crippen molar-refractivity contribution in [1.29, 1.82) is 0 Å². The van der Waals surface area contributed by atoms with E-state index in [0.29, 0.717) is 13.1 Å². The lowest BCUT2D eigenvalue weighted by Gasteiger charge is -2.47. The molecule has 144 valence electrons. The van der Waals surface area contributed by atoms with Crippen molar-refractivity contribution >= 4 is 17.5 Å². The summed E-state index contributed by atoms with van der Waals surface area (Å²) in [4.78, 5) is 17.4. The number of rotatable bonds is 4. The van der Waals surface area contributed by atoms with Gasteiger partial charge in [-0.15, -0.1) is 0 Å². The zero-order chi connectivity index (χ0) is 19.0. The maximum absolute atomic E-state index is 14.7. The van der Waals surface area contributed by atoms with Gasteiger partial charge >= 0.3 is 6.09 Å². The number of benzene rings is 1. The van der Waals surface area contributed by atoms with Gasteiger partial charge in [0.1, 0.15) is 11.8 Å². The van der Waals surface area contributed by atoms with Gasteiger partial charge in [-0.25, -0.2) is 13.6 Å². The molecule has 1 aromatic carbocycles. The number of anilines is 2. The van der Waals surface area contributed by atoms with E-state index in [1.54, 1.807) is 4.90 Å². The van der Waals surface area contributed by atoms with Gasteiger partial charge in [0, 0.05) is 35.5 Å². The zero-order valence-electron chi connectivity index (χ0n) is 14.6. The lowest BCUT2D eigenvalue weighted by atomic mass is 9.77. The fourth-order valence-corrected chi connectivity index (χ4v) is 3.85. The average Bonchev–Trinajstić information content (AvgIpc) is 2.99. The second kappa shape index (κ2) is 6.86. The Hall–Kier alpha value is -2.58. The number of carbonyl (C=O) groups is 1. The van der Waals surface area contributed by atoms with Crippen LogP contribution in [0, 0.1) is 17.0 Å². The molecule has 0 N–H and O–H groups in total. The van der Waals surface area contributed by atoms with E-state index in [4.69, 9.17) is 15.0 Å². The van der Waals surface area contributed by atoms with E-state index >= 15 is 0 Å². The third kappa shape index (κ3) is 3.26. The molecule has 3 heterocycles. The minimum absolute atomic E-state index is 0.0268. The molecule has 10 heteroatoms. The Bertz CT molecular complexity index is 777. The third-order valence-corrected chi connectivity index (χ3v) is 5.49. The lowest BCUT2D eigenvalue weighted by molar-refractivity contribution is -0.124. The van der Waals surface area contributed by atoms with Crippen LogP contribution in [0.4, 0.5) is 25.0 Å². The largest absolute Gasteiger partial charge is 0.444 e. The number of carbonyl (C=O) groups excluding carboxylic acids is 1. The van der Waals surface area contributed by atoms with Gasteiger partial charge in [-0.1, -0.05) is 5.11 Å². The van der Waals surface area contributed by atoms with Crippen molar-refractivity contribution in [2.45, 2.75) is 18.9 Å². The second-order valence-corrected chi connectivity index (χ2v) is 7.27. The van der Waals surface area contributed by atoms with Crippen molar-refractivity contribution in [2.75, 3.05) is 49.2 Å². The Balaban J connectivity index is 1.50. The number of cyclic esters (lactones) is 1. The molecule has 1 amide bonds. The molecule has 3 fully saturated rings. The molecule has 0 bridgehead atoms. The van der Waals surface area contributed by atoms with Crippen LogP contribution in [0.3, 0.4) is 0 Å². The number of amides is 1. The summed E-state index contributed by atoms with van der Waals surface area (Å²) in [6.45, 7) is 2.62. The number of hydrogen-bond acceptors (Lipinski definition) is 5. The van der Waals surface area contributed by atoms with Gasteiger partial charge < -0.3 is 14.4 Å². The van der Waals surface area contributed by atoms with Gasteiger partial charge in [0.15, 0.2) is 11.6 Å². The number of piperidine rings is 1. The summed E-state index contributed by atoms with van der Waals surface area (Å²) in [5, 5.41) is 3.36. The van der Waals surface area contributed by atoms with Crippen molar-refractivity contribution in [3.8, 4) is 0 Å². The molecule has 3 saturated heterocycles. The first-order chi connectivity index (χ1) is 13.0. The molecule has 8 nitrogen and oxygen atoms in total. The molecule has 0 saturated carbocycles. The monoisotopic (exact) mass is 379 g/mol. The highest BCUT2D eigenvalue weighted by Gasteiger charge is 2.42. The Morgan fingerprint density at radius 2 is 1.93 bits per heavy atom. The Morgan fingerprint density at radius 1 is 1.26 bits per heavy atom. The number of hydrogen-bond donors (Lipinski definition) is 0. The van der Waals surface area contributed by atoms with E-state index in [1.807, 2.05) is 0 Å². The summed E-state index contributed by atoms with van der Waals surface area (Å²) in [6.07, 6.45) is 0.326. The van der Waals surface area contributed by atoms with Crippen molar-refractivity contribution in [1.82, 2.24) is 0 Å². The SMILES string of the molecule is [N-]=[N+]=NC[C@H]1CN(c2cc(F)c(N3CCC4(CC3)COC4)c(F)c2)C(=O)O1. The number of azide groups is 1. The van der Waals surface area contributed by atoms with Crippen molar-refractivity contribution < 1.29 is 23.0 Å². The molecule has 27 heavy (non-hydrogen) atoms. The highest BCUT2D eigenvalue weighted by molar-refractivity contribution is 5.90. The van der Waals surface area contributed by atoms with E-state index in [9.17, 15) is 13.6 Å². The van der Waals surface area contributed by atoms with E-state index < -0.39 is 23.8 Å². The molecular weight excluding hydrogens is 360 g/mol. The third-order valence-electron chi connectivity index (χ3n) is 5.49. The smallest absolute Gasteiger partial charge is 0.414 e. The van der Waals surface area contributed by atoms with Crippen LogP contribution >= 0.6 is 0 Å². The minimum Gasteiger partial charge on any atom is -0.444 e. The molecule has 3 aliphatic rings. The number of halogens is 2. The summed E-state index contributed by atoms with van der Waals surface area (Å²) in [5.41, 5.74) is 8.54. The Kier molecular flexibility index (Phi) is 4.53. The van der Waals surface area contributed by atoms with Crippen molar-refractivity contribution in [3.63, 3.8) is 0 Å². The van der Waals surface area contributed by atoms with Gasteiger partial charge in [-0.05, 0) is 18.4 Å². The van der Waals surface area contributed by atoms with Gasteiger partial charge in [0.25, 0.3) is 0 Å². The molecule has 1 atom stereocenters. The molecule has 0 unspecified atom stereocenters. The topological polar surface area (TPSA) is 90.8 Å². The Morgan fingerprint density at radius 3 is 2.48 bits per heavy atom. The maximum atomic E-state index is 14.7. The molecular formula is C17H19F2N5O3. The van der Waals surface area contributed by atoms with Crippen molar-refractivity contribution in [2.24, 2.45) is 10.5 Å². The summed E-state index contributed by atoms with van der Waals surface area (Å²) < 4.78 is 39.8. The predicted octanol–water partition coefficient (Wildman–Crippen LogP) is 3.22. The molecule has 1 spiro atoms. The van der Waals surface area contributed by atoms with Crippen LogP contribution in [0.15, 0.2) is 17.2 Å². The van der Waals surface area contributed by atoms with Crippen LogP contribution in [0.2, 0.25) is 0 Å². The highest BCUT2D eigenvalue weighted by atomic mass is 19.1. The highest BCUT2D eigenvalue weighted by Crippen LogP contribution is 2.41. The van der Waals surface area contributed by atoms with E-state index in [1.165, 1.54) is 0 Å². The fraction of sp³-hybridized carbons (Fsp3) is 0.588. The van der Waals surface area contributed by atoms with Gasteiger partial charge in [0.2, 0.25) is 0 Å². The molecule has 4 rings (SSSR count). The molecule has 3 aliphatic heterocycles. The molecule has 1 aromatic rings. The quantitative estimate of drug-likeness (QED) is 0.456. The second-order valence-electron chi connectivity index (χ2n) is 7.27.